The van der Waals surface area contributed by atoms with Gasteiger partial charge in [0.05, 0.1) is 5.39 Å². The molecule has 2 saturated heterocycles. The molecule has 8 heteroatoms. The van der Waals surface area contributed by atoms with Crippen LogP contribution in [0.1, 0.15) is 25.7 Å². The maximum atomic E-state index is 13.2. The standard InChI is InChI=1S/C18H23N5OS.ClH/c19-14-4-3-11-8-22(9-13(11)14)18(24)15-2-1-6-23(15)16-12-5-7-25-17(12)21-10-20-16;/h5,7,10-11,13-15H,1-4,6,8-9,19H2;1H. The zero-order chi connectivity index (χ0) is 17.0. The molecule has 3 fully saturated rings. The highest BCUT2D eigenvalue weighted by Crippen LogP contribution is 2.39. The van der Waals surface area contributed by atoms with Gasteiger partial charge < -0.3 is 15.5 Å². The Balaban J connectivity index is 0.00000168. The Labute approximate surface area is 163 Å². The van der Waals surface area contributed by atoms with Crippen LogP contribution in [-0.4, -0.2) is 52.5 Å². The molecule has 4 unspecified atom stereocenters. The lowest BCUT2D eigenvalue weighted by molar-refractivity contribution is -0.131. The number of amides is 1. The normalized spacial score (nSPS) is 30.7. The molecule has 1 aliphatic carbocycles. The van der Waals surface area contributed by atoms with Crippen molar-refractivity contribution in [3.63, 3.8) is 0 Å². The van der Waals surface area contributed by atoms with Gasteiger partial charge in [0.1, 0.15) is 23.0 Å². The number of carbonyl (C=O) groups is 1. The van der Waals surface area contributed by atoms with E-state index in [1.165, 1.54) is 6.42 Å². The summed E-state index contributed by atoms with van der Waals surface area (Å²) < 4.78 is 0. The predicted octanol–water partition coefficient (Wildman–Crippen LogP) is 2.28. The zero-order valence-electron chi connectivity index (χ0n) is 14.6. The minimum Gasteiger partial charge on any atom is -0.344 e. The summed E-state index contributed by atoms with van der Waals surface area (Å²) in [4.78, 5) is 27.4. The first kappa shape index (κ1) is 17.9. The van der Waals surface area contributed by atoms with Gasteiger partial charge in [-0.3, -0.25) is 4.79 Å². The molecule has 2 aromatic heterocycles. The molecular weight excluding hydrogens is 370 g/mol. The molecule has 4 heterocycles. The number of anilines is 1. The van der Waals surface area contributed by atoms with Crippen LogP contribution < -0.4 is 10.6 Å². The molecule has 140 valence electrons. The molecule has 0 spiro atoms. The van der Waals surface area contributed by atoms with Crippen molar-refractivity contribution >= 4 is 45.7 Å². The highest BCUT2D eigenvalue weighted by molar-refractivity contribution is 7.16. The van der Waals surface area contributed by atoms with Crippen molar-refractivity contribution in [1.82, 2.24) is 14.9 Å². The Kier molecular flexibility index (Phi) is 4.79. The molecule has 0 bridgehead atoms. The molecule has 6 nitrogen and oxygen atoms in total. The van der Waals surface area contributed by atoms with Crippen LogP contribution in [0.5, 0.6) is 0 Å². The van der Waals surface area contributed by atoms with E-state index in [4.69, 9.17) is 5.73 Å². The molecule has 0 aromatic carbocycles. The van der Waals surface area contributed by atoms with Crippen LogP contribution in [0.3, 0.4) is 0 Å². The van der Waals surface area contributed by atoms with E-state index in [-0.39, 0.29) is 30.4 Å². The van der Waals surface area contributed by atoms with Gasteiger partial charge in [-0.15, -0.1) is 23.7 Å². The lowest BCUT2D eigenvalue weighted by Crippen LogP contribution is -2.46. The number of hydrogen-bond donors (Lipinski definition) is 1. The number of carbonyl (C=O) groups excluding carboxylic acids is 1. The van der Waals surface area contributed by atoms with E-state index in [0.29, 0.717) is 11.8 Å². The van der Waals surface area contributed by atoms with E-state index in [1.807, 2.05) is 5.38 Å². The van der Waals surface area contributed by atoms with Crippen molar-refractivity contribution in [2.75, 3.05) is 24.5 Å². The first-order chi connectivity index (χ1) is 12.2. The van der Waals surface area contributed by atoms with Crippen LogP contribution in [0.2, 0.25) is 0 Å². The minimum absolute atomic E-state index is 0. The summed E-state index contributed by atoms with van der Waals surface area (Å²) in [7, 11) is 0. The van der Waals surface area contributed by atoms with Gasteiger partial charge in [0, 0.05) is 25.7 Å². The highest BCUT2D eigenvalue weighted by Gasteiger charge is 2.45. The fraction of sp³-hybridized carbons (Fsp3) is 0.611. The molecule has 2 aliphatic heterocycles. The van der Waals surface area contributed by atoms with Gasteiger partial charge in [0.25, 0.3) is 0 Å². The van der Waals surface area contributed by atoms with E-state index in [9.17, 15) is 4.79 Å². The number of aromatic nitrogens is 2. The molecular formula is C18H24ClN5OS. The van der Waals surface area contributed by atoms with Crippen LogP contribution in [0.4, 0.5) is 5.82 Å². The molecule has 26 heavy (non-hydrogen) atoms. The Bertz CT molecular complexity index is 814. The fourth-order valence-electron chi connectivity index (χ4n) is 4.98. The van der Waals surface area contributed by atoms with Gasteiger partial charge in [-0.2, -0.15) is 0 Å². The summed E-state index contributed by atoms with van der Waals surface area (Å²) in [5.74, 6) is 2.29. The van der Waals surface area contributed by atoms with Crippen molar-refractivity contribution in [1.29, 1.82) is 0 Å². The lowest BCUT2D eigenvalue weighted by atomic mass is 9.98. The molecule has 2 N–H and O–H groups in total. The van der Waals surface area contributed by atoms with Gasteiger partial charge in [0.15, 0.2) is 0 Å². The molecule has 3 aliphatic rings. The van der Waals surface area contributed by atoms with Crippen molar-refractivity contribution in [2.45, 2.75) is 37.8 Å². The summed E-state index contributed by atoms with van der Waals surface area (Å²) in [5, 5.41) is 3.10. The maximum absolute atomic E-state index is 13.2. The number of fused-ring (bicyclic) bond motifs is 2. The van der Waals surface area contributed by atoms with Crippen LogP contribution >= 0.6 is 23.7 Å². The summed E-state index contributed by atoms with van der Waals surface area (Å²) in [6.45, 7) is 2.62. The molecule has 1 saturated carbocycles. The Hall–Kier alpha value is -1.44. The fourth-order valence-corrected chi connectivity index (χ4v) is 5.71. The number of thiophene rings is 1. The van der Waals surface area contributed by atoms with Gasteiger partial charge in [0.2, 0.25) is 5.91 Å². The van der Waals surface area contributed by atoms with Crippen molar-refractivity contribution in [3.8, 4) is 0 Å². The smallest absolute Gasteiger partial charge is 0.245 e. The third kappa shape index (κ3) is 2.77. The number of hydrogen-bond acceptors (Lipinski definition) is 6. The molecule has 1 amide bonds. The molecule has 0 radical (unpaired) electrons. The summed E-state index contributed by atoms with van der Waals surface area (Å²) in [6, 6.07) is 2.25. The van der Waals surface area contributed by atoms with Crippen LogP contribution in [0.15, 0.2) is 17.8 Å². The van der Waals surface area contributed by atoms with Crippen molar-refractivity contribution < 1.29 is 4.79 Å². The second-order valence-corrected chi connectivity index (χ2v) is 8.49. The summed E-state index contributed by atoms with van der Waals surface area (Å²) in [6.07, 6.45) is 5.85. The Morgan fingerprint density at radius 1 is 1.23 bits per heavy atom. The molecule has 4 atom stereocenters. The quantitative estimate of drug-likeness (QED) is 0.847. The van der Waals surface area contributed by atoms with E-state index in [1.54, 1.807) is 17.7 Å². The minimum atomic E-state index is -0.0898. The SMILES string of the molecule is Cl.NC1CCC2CN(C(=O)C3CCCN3c3ncnc4sccc34)CC12. The Morgan fingerprint density at radius 2 is 2.12 bits per heavy atom. The number of nitrogens with two attached hydrogens (primary N) is 1. The second kappa shape index (κ2) is 6.94. The topological polar surface area (TPSA) is 75.3 Å². The average molecular weight is 394 g/mol. The van der Waals surface area contributed by atoms with Crippen molar-refractivity contribution in [3.05, 3.63) is 17.8 Å². The number of nitrogens with zero attached hydrogens (tertiary/aromatic N) is 4. The monoisotopic (exact) mass is 393 g/mol. The predicted molar refractivity (Wildman–Crippen MR) is 106 cm³/mol. The molecule has 2 aromatic rings. The second-order valence-electron chi connectivity index (χ2n) is 7.60. The van der Waals surface area contributed by atoms with Gasteiger partial charge in [-0.05, 0) is 49.0 Å². The van der Waals surface area contributed by atoms with Crippen molar-refractivity contribution in [2.24, 2.45) is 17.6 Å². The van der Waals surface area contributed by atoms with E-state index < -0.39 is 0 Å². The first-order valence-corrected chi connectivity index (χ1v) is 10.1. The average Bonchev–Trinajstić information content (AvgIpc) is 3.39. The largest absolute Gasteiger partial charge is 0.344 e. The first-order valence-electron chi connectivity index (χ1n) is 9.21. The van der Waals surface area contributed by atoms with Crippen LogP contribution in [-0.2, 0) is 4.79 Å². The maximum Gasteiger partial charge on any atom is 0.245 e. The number of halogens is 1. The number of rotatable bonds is 2. The van der Waals surface area contributed by atoms with Gasteiger partial charge >= 0.3 is 0 Å². The zero-order valence-corrected chi connectivity index (χ0v) is 16.2. The third-order valence-corrected chi connectivity index (χ3v) is 7.10. The number of likely N-dealkylation sites (tertiary alicyclic amines) is 1. The van der Waals surface area contributed by atoms with E-state index in [2.05, 4.69) is 25.8 Å². The summed E-state index contributed by atoms with van der Waals surface area (Å²) >= 11 is 1.62. The van der Waals surface area contributed by atoms with Gasteiger partial charge in [-0.1, -0.05) is 0 Å². The van der Waals surface area contributed by atoms with Crippen LogP contribution in [0, 0.1) is 11.8 Å². The Morgan fingerprint density at radius 3 is 2.96 bits per heavy atom. The lowest BCUT2D eigenvalue weighted by Gasteiger charge is -2.29. The van der Waals surface area contributed by atoms with E-state index >= 15 is 0 Å². The van der Waals surface area contributed by atoms with E-state index in [0.717, 1.165) is 54.9 Å². The third-order valence-electron chi connectivity index (χ3n) is 6.27. The highest BCUT2D eigenvalue weighted by atomic mass is 35.5. The molecule has 5 rings (SSSR count). The van der Waals surface area contributed by atoms with Gasteiger partial charge in [-0.25, -0.2) is 9.97 Å². The summed E-state index contributed by atoms with van der Waals surface area (Å²) in [5.41, 5.74) is 6.24. The van der Waals surface area contributed by atoms with Crippen LogP contribution in [0.25, 0.3) is 10.2 Å².